The average Bonchev–Trinajstić information content (AvgIpc) is 2.52. The van der Waals surface area contributed by atoms with Crippen LogP contribution < -0.4 is 10.6 Å². The van der Waals surface area contributed by atoms with Crippen molar-refractivity contribution < 1.29 is 13.0 Å². The Bertz CT molecular complexity index is 843. The number of hydrogen-bond acceptors (Lipinski definition) is 4. The summed E-state index contributed by atoms with van der Waals surface area (Å²) in [5, 5.41) is 5.92. The maximum absolute atomic E-state index is 11.6. The Labute approximate surface area is 136 Å². The fraction of sp³-hybridized carbons (Fsp3) is 0.176. The Kier molecular flexibility index (Phi) is 5.08. The minimum absolute atomic E-state index is 0.120. The second kappa shape index (κ2) is 6.85. The van der Waals surface area contributed by atoms with E-state index in [2.05, 4.69) is 10.6 Å². The van der Waals surface area contributed by atoms with Crippen LogP contribution in [0.2, 0.25) is 0 Å². The highest BCUT2D eigenvalue weighted by Crippen LogP contribution is 2.23. The standard InChI is InChI=1S/C17H20N2O3S/c1-12-10-15(18-2)8-6-13(12)4-5-14-7-9-16(19-3)11-17(14)23(20,21)22/h4-11,18-19H,1-3H3,(H,20,21,22). The van der Waals surface area contributed by atoms with Crippen molar-refractivity contribution in [3.8, 4) is 0 Å². The molecule has 122 valence electrons. The molecule has 5 nitrogen and oxygen atoms in total. The van der Waals surface area contributed by atoms with Crippen LogP contribution in [0.3, 0.4) is 0 Å². The van der Waals surface area contributed by atoms with E-state index < -0.39 is 10.1 Å². The fourth-order valence-corrected chi connectivity index (χ4v) is 2.96. The largest absolute Gasteiger partial charge is 0.388 e. The summed E-state index contributed by atoms with van der Waals surface area (Å²) in [6.07, 6.45) is 3.52. The van der Waals surface area contributed by atoms with Gasteiger partial charge in [-0.3, -0.25) is 4.55 Å². The summed E-state index contributed by atoms with van der Waals surface area (Å²) in [6, 6.07) is 10.7. The average molecular weight is 332 g/mol. The molecule has 0 atom stereocenters. The molecule has 0 bridgehead atoms. The smallest absolute Gasteiger partial charge is 0.295 e. The third kappa shape index (κ3) is 4.12. The van der Waals surface area contributed by atoms with Gasteiger partial charge in [-0.1, -0.05) is 24.3 Å². The van der Waals surface area contributed by atoms with Gasteiger partial charge in [-0.15, -0.1) is 0 Å². The summed E-state index contributed by atoms with van der Waals surface area (Å²) in [7, 11) is -0.754. The first-order chi connectivity index (χ1) is 10.8. The van der Waals surface area contributed by atoms with Crippen LogP contribution in [0.25, 0.3) is 12.2 Å². The lowest BCUT2D eigenvalue weighted by Crippen LogP contribution is -2.02. The number of benzene rings is 2. The summed E-state index contributed by atoms with van der Waals surface area (Å²) in [6.45, 7) is 1.98. The van der Waals surface area contributed by atoms with Gasteiger partial charge in [0.05, 0.1) is 0 Å². The van der Waals surface area contributed by atoms with E-state index in [1.807, 2.05) is 38.2 Å². The van der Waals surface area contributed by atoms with Crippen molar-refractivity contribution in [1.29, 1.82) is 0 Å². The zero-order chi connectivity index (χ0) is 17.0. The molecule has 0 saturated heterocycles. The second-order valence-electron chi connectivity index (χ2n) is 5.13. The summed E-state index contributed by atoms with van der Waals surface area (Å²) in [4.78, 5) is -0.120. The van der Waals surface area contributed by atoms with Crippen LogP contribution in [0.5, 0.6) is 0 Å². The molecule has 0 aliphatic heterocycles. The molecule has 23 heavy (non-hydrogen) atoms. The molecule has 0 saturated carbocycles. The van der Waals surface area contributed by atoms with E-state index in [1.165, 1.54) is 6.07 Å². The number of anilines is 2. The monoisotopic (exact) mass is 332 g/mol. The van der Waals surface area contributed by atoms with E-state index in [-0.39, 0.29) is 4.90 Å². The van der Waals surface area contributed by atoms with Crippen LogP contribution in [0.15, 0.2) is 41.3 Å². The molecule has 6 heteroatoms. The van der Waals surface area contributed by atoms with Crippen molar-refractivity contribution in [2.75, 3.05) is 24.7 Å². The highest BCUT2D eigenvalue weighted by Gasteiger charge is 2.14. The molecule has 0 aromatic heterocycles. The van der Waals surface area contributed by atoms with Crippen LogP contribution >= 0.6 is 0 Å². The summed E-state index contributed by atoms with van der Waals surface area (Å²) >= 11 is 0. The number of aryl methyl sites for hydroxylation is 1. The SMILES string of the molecule is CNc1ccc(C=Cc2ccc(NC)cc2S(=O)(=O)O)c(C)c1. The predicted octanol–water partition coefficient (Wildman–Crippen LogP) is 3.50. The van der Waals surface area contributed by atoms with Crippen molar-refractivity contribution in [3.63, 3.8) is 0 Å². The van der Waals surface area contributed by atoms with Gasteiger partial charge in [-0.2, -0.15) is 8.42 Å². The molecular weight excluding hydrogens is 312 g/mol. The predicted molar refractivity (Wildman–Crippen MR) is 95.5 cm³/mol. The van der Waals surface area contributed by atoms with Crippen molar-refractivity contribution in [2.45, 2.75) is 11.8 Å². The number of rotatable bonds is 5. The molecule has 0 unspecified atom stereocenters. The first kappa shape index (κ1) is 17.1. The van der Waals surface area contributed by atoms with Gasteiger partial charge >= 0.3 is 0 Å². The Morgan fingerprint density at radius 1 is 0.913 bits per heavy atom. The van der Waals surface area contributed by atoms with E-state index in [0.717, 1.165) is 16.8 Å². The normalized spacial score (nSPS) is 11.7. The minimum atomic E-state index is -4.29. The first-order valence-electron chi connectivity index (χ1n) is 7.11. The van der Waals surface area contributed by atoms with E-state index in [9.17, 15) is 13.0 Å². The highest BCUT2D eigenvalue weighted by molar-refractivity contribution is 7.86. The van der Waals surface area contributed by atoms with Gasteiger partial charge in [0.25, 0.3) is 10.1 Å². The Balaban J connectivity index is 2.43. The van der Waals surface area contributed by atoms with Gasteiger partial charge < -0.3 is 10.6 Å². The van der Waals surface area contributed by atoms with Gasteiger partial charge in [-0.05, 0) is 47.9 Å². The topological polar surface area (TPSA) is 78.4 Å². The van der Waals surface area contributed by atoms with Gasteiger partial charge in [-0.25, -0.2) is 0 Å². The lowest BCUT2D eigenvalue weighted by atomic mass is 10.1. The van der Waals surface area contributed by atoms with E-state index in [4.69, 9.17) is 0 Å². The molecule has 0 aliphatic carbocycles. The van der Waals surface area contributed by atoms with Crippen LogP contribution in [0.1, 0.15) is 16.7 Å². The molecule has 0 amide bonds. The Morgan fingerprint density at radius 3 is 1.96 bits per heavy atom. The molecule has 2 rings (SSSR count). The molecule has 2 aromatic rings. The molecule has 0 heterocycles. The third-order valence-electron chi connectivity index (χ3n) is 3.58. The molecular formula is C17H20N2O3S. The minimum Gasteiger partial charge on any atom is -0.388 e. The number of hydrogen-bond donors (Lipinski definition) is 3. The van der Waals surface area contributed by atoms with Crippen molar-refractivity contribution in [2.24, 2.45) is 0 Å². The van der Waals surface area contributed by atoms with E-state index in [0.29, 0.717) is 11.3 Å². The van der Waals surface area contributed by atoms with Gasteiger partial charge in [0, 0.05) is 25.5 Å². The fourth-order valence-electron chi connectivity index (χ4n) is 2.25. The van der Waals surface area contributed by atoms with Crippen molar-refractivity contribution in [3.05, 3.63) is 53.1 Å². The maximum atomic E-state index is 11.6. The zero-order valence-electron chi connectivity index (χ0n) is 13.3. The van der Waals surface area contributed by atoms with Crippen LogP contribution in [0.4, 0.5) is 11.4 Å². The summed E-state index contributed by atoms with van der Waals surface area (Å²) in [5.41, 5.74) is 4.10. The summed E-state index contributed by atoms with van der Waals surface area (Å²) < 4.78 is 32.6. The maximum Gasteiger partial charge on any atom is 0.295 e. The molecule has 0 radical (unpaired) electrons. The van der Waals surface area contributed by atoms with Crippen LogP contribution in [-0.4, -0.2) is 27.1 Å². The van der Waals surface area contributed by atoms with Crippen molar-refractivity contribution in [1.82, 2.24) is 0 Å². The molecule has 0 fully saturated rings. The highest BCUT2D eigenvalue weighted by atomic mass is 32.2. The van der Waals surface area contributed by atoms with Crippen molar-refractivity contribution >= 4 is 33.6 Å². The van der Waals surface area contributed by atoms with Crippen LogP contribution in [-0.2, 0) is 10.1 Å². The van der Waals surface area contributed by atoms with Gasteiger partial charge in [0.1, 0.15) is 4.90 Å². The van der Waals surface area contributed by atoms with Gasteiger partial charge in [0.2, 0.25) is 0 Å². The summed E-state index contributed by atoms with van der Waals surface area (Å²) in [5.74, 6) is 0. The third-order valence-corrected chi connectivity index (χ3v) is 4.49. The molecule has 2 aromatic carbocycles. The zero-order valence-corrected chi connectivity index (χ0v) is 14.1. The van der Waals surface area contributed by atoms with Crippen LogP contribution in [0, 0.1) is 6.92 Å². The number of nitrogens with one attached hydrogen (secondary N) is 2. The first-order valence-corrected chi connectivity index (χ1v) is 8.55. The molecule has 0 spiro atoms. The molecule has 3 N–H and O–H groups in total. The Hall–Kier alpha value is -2.31. The van der Waals surface area contributed by atoms with E-state index >= 15 is 0 Å². The van der Waals surface area contributed by atoms with E-state index in [1.54, 1.807) is 25.3 Å². The lowest BCUT2D eigenvalue weighted by molar-refractivity contribution is 0.483. The van der Waals surface area contributed by atoms with Gasteiger partial charge in [0.15, 0.2) is 0 Å². The lowest BCUT2D eigenvalue weighted by Gasteiger charge is -2.08. The Morgan fingerprint density at radius 2 is 1.43 bits per heavy atom. The second-order valence-corrected chi connectivity index (χ2v) is 6.52. The quantitative estimate of drug-likeness (QED) is 0.577. The molecule has 0 aliphatic rings.